The summed E-state index contributed by atoms with van der Waals surface area (Å²) < 4.78 is 0. The molecule has 0 aromatic heterocycles. The molecule has 0 spiro atoms. The predicted molar refractivity (Wildman–Crippen MR) is 55.6 cm³/mol. The van der Waals surface area contributed by atoms with Gasteiger partial charge in [0, 0.05) is 5.41 Å². The van der Waals surface area contributed by atoms with Gasteiger partial charge < -0.3 is 9.90 Å². The van der Waals surface area contributed by atoms with Crippen LogP contribution in [0.15, 0.2) is 10.6 Å². The van der Waals surface area contributed by atoms with Gasteiger partial charge in [-0.05, 0) is 41.2 Å². The molecule has 0 amide bonds. The highest BCUT2D eigenvalue weighted by Crippen LogP contribution is 2.65. The van der Waals surface area contributed by atoms with Crippen molar-refractivity contribution < 1.29 is 9.90 Å². The van der Waals surface area contributed by atoms with Crippen LogP contribution >= 0.6 is 15.9 Å². The van der Waals surface area contributed by atoms with Gasteiger partial charge in [0.05, 0.1) is 5.97 Å². The van der Waals surface area contributed by atoms with Crippen LogP contribution in [0.4, 0.5) is 0 Å². The first-order valence-electron chi connectivity index (χ1n) is 4.98. The lowest BCUT2D eigenvalue weighted by atomic mass is 9.68. The van der Waals surface area contributed by atoms with Gasteiger partial charge >= 0.3 is 0 Å². The number of aliphatic carboxylic acids is 1. The minimum Gasteiger partial charge on any atom is -0.549 e. The largest absolute Gasteiger partial charge is 0.549 e. The third kappa shape index (κ3) is 0.992. The highest BCUT2D eigenvalue weighted by Gasteiger charge is 2.58. The number of rotatable bonds is 1. The maximum Gasteiger partial charge on any atom is 0.0517 e. The van der Waals surface area contributed by atoms with Crippen LogP contribution in [0.25, 0.3) is 0 Å². The second-order valence-electron chi connectivity index (χ2n) is 5.05. The van der Waals surface area contributed by atoms with E-state index in [-0.39, 0.29) is 5.41 Å². The lowest BCUT2D eigenvalue weighted by Crippen LogP contribution is -2.42. The minimum absolute atomic E-state index is 0.0157. The van der Waals surface area contributed by atoms with E-state index in [0.29, 0.717) is 5.92 Å². The molecule has 2 nitrogen and oxygen atoms in total. The van der Waals surface area contributed by atoms with Gasteiger partial charge in [0.1, 0.15) is 0 Å². The number of halogens is 1. The molecule has 0 aromatic carbocycles. The van der Waals surface area contributed by atoms with Gasteiger partial charge in [-0.2, -0.15) is 0 Å². The molecule has 14 heavy (non-hydrogen) atoms. The number of carbonyl (C=O) groups excluding carboxylic acids is 1. The fourth-order valence-electron chi connectivity index (χ4n) is 3.28. The predicted octanol–water partition coefficient (Wildman–Crippen LogP) is 1.84. The third-order valence-electron chi connectivity index (χ3n) is 4.24. The number of carboxylic acids is 1. The van der Waals surface area contributed by atoms with Crippen LogP contribution in [0, 0.1) is 16.7 Å². The molecule has 3 heteroatoms. The first-order valence-corrected chi connectivity index (χ1v) is 5.89. The summed E-state index contributed by atoms with van der Waals surface area (Å²) in [6, 6.07) is 0. The Hall–Kier alpha value is -0.310. The van der Waals surface area contributed by atoms with Gasteiger partial charge in [0.25, 0.3) is 0 Å². The van der Waals surface area contributed by atoms with Crippen LogP contribution in [-0.2, 0) is 4.79 Å². The van der Waals surface area contributed by atoms with E-state index in [4.69, 9.17) is 0 Å². The van der Waals surface area contributed by atoms with E-state index >= 15 is 0 Å². The van der Waals surface area contributed by atoms with Crippen LogP contribution in [0.5, 0.6) is 0 Å². The number of hydrogen-bond acceptors (Lipinski definition) is 2. The van der Waals surface area contributed by atoms with E-state index < -0.39 is 11.4 Å². The van der Waals surface area contributed by atoms with Gasteiger partial charge in [0.2, 0.25) is 0 Å². The Balaban J connectivity index is 2.52. The van der Waals surface area contributed by atoms with Crippen molar-refractivity contribution in [2.75, 3.05) is 0 Å². The minimum atomic E-state index is -0.892. The monoisotopic (exact) mass is 257 g/mol. The smallest absolute Gasteiger partial charge is 0.0517 e. The van der Waals surface area contributed by atoms with Crippen LogP contribution in [0.1, 0.15) is 33.1 Å². The Kier molecular flexibility index (Phi) is 2.08. The zero-order valence-electron chi connectivity index (χ0n) is 8.47. The lowest BCUT2D eigenvalue weighted by molar-refractivity contribution is -0.316. The Morgan fingerprint density at radius 1 is 1.64 bits per heavy atom. The van der Waals surface area contributed by atoms with E-state index in [2.05, 4.69) is 29.8 Å². The molecule has 0 unspecified atom stereocenters. The topological polar surface area (TPSA) is 40.1 Å². The first-order chi connectivity index (χ1) is 6.45. The van der Waals surface area contributed by atoms with Gasteiger partial charge in [-0.1, -0.05) is 29.8 Å². The van der Waals surface area contributed by atoms with Crippen molar-refractivity contribution in [1.29, 1.82) is 0 Å². The molecule has 2 fully saturated rings. The number of hydrogen-bond donors (Lipinski definition) is 0. The summed E-state index contributed by atoms with van der Waals surface area (Å²) in [5.74, 6) is -0.388. The van der Waals surface area contributed by atoms with E-state index in [1.54, 1.807) is 0 Å². The van der Waals surface area contributed by atoms with Crippen molar-refractivity contribution in [3.05, 3.63) is 10.6 Å². The Morgan fingerprint density at radius 2 is 2.29 bits per heavy atom. The molecule has 2 aliphatic carbocycles. The van der Waals surface area contributed by atoms with E-state index in [9.17, 15) is 9.90 Å². The summed E-state index contributed by atoms with van der Waals surface area (Å²) >= 11 is 3.30. The molecule has 0 aromatic rings. The maximum absolute atomic E-state index is 11.3. The second kappa shape index (κ2) is 2.84. The molecule has 0 N–H and O–H groups in total. The SMILES string of the molecule is CC1(C)/C(=C/Br)[C@@]2(C(=O)[O-])CC[C@@H]1C2. The fourth-order valence-corrected chi connectivity index (χ4v) is 4.31. The molecule has 2 bridgehead atoms. The molecule has 0 heterocycles. The van der Waals surface area contributed by atoms with Crippen molar-refractivity contribution in [2.24, 2.45) is 16.7 Å². The maximum atomic E-state index is 11.3. The molecular formula is C11H14BrO2-. The van der Waals surface area contributed by atoms with Crippen molar-refractivity contribution in [1.82, 2.24) is 0 Å². The summed E-state index contributed by atoms with van der Waals surface area (Å²) in [6.07, 6.45) is 2.53. The van der Waals surface area contributed by atoms with E-state index in [1.165, 1.54) is 0 Å². The molecule has 2 saturated carbocycles. The van der Waals surface area contributed by atoms with Gasteiger partial charge in [-0.15, -0.1) is 0 Å². The Morgan fingerprint density at radius 3 is 2.71 bits per heavy atom. The standard InChI is InChI=1S/C11H15BrO2/c1-10(2)7-3-4-11(5-7,9(13)14)8(10)6-12/h6-7H,3-5H2,1-2H3,(H,13,14)/p-1/b8-6-/t7-,11-/m1/s1. The molecule has 2 atom stereocenters. The second-order valence-corrected chi connectivity index (χ2v) is 5.51. The highest BCUT2D eigenvalue weighted by atomic mass is 79.9. The summed E-state index contributed by atoms with van der Waals surface area (Å²) in [4.78, 5) is 13.1. The van der Waals surface area contributed by atoms with Crippen molar-refractivity contribution >= 4 is 21.9 Å². The van der Waals surface area contributed by atoms with Crippen LogP contribution in [0.2, 0.25) is 0 Å². The zero-order chi connectivity index (χ0) is 10.6. The van der Waals surface area contributed by atoms with Crippen molar-refractivity contribution in [3.63, 3.8) is 0 Å². The van der Waals surface area contributed by atoms with E-state index in [1.807, 2.05) is 4.99 Å². The summed E-state index contributed by atoms with van der Waals surface area (Å²) in [5.41, 5.74) is 0.362. The summed E-state index contributed by atoms with van der Waals surface area (Å²) in [7, 11) is 0. The normalized spacial score (nSPS) is 41.9. The molecule has 2 aliphatic rings. The van der Waals surface area contributed by atoms with Crippen LogP contribution < -0.4 is 5.11 Å². The molecular weight excluding hydrogens is 244 g/mol. The van der Waals surface area contributed by atoms with Crippen LogP contribution in [0.3, 0.4) is 0 Å². The van der Waals surface area contributed by atoms with Gasteiger partial charge in [-0.3, -0.25) is 0 Å². The van der Waals surface area contributed by atoms with Crippen molar-refractivity contribution in [2.45, 2.75) is 33.1 Å². The fraction of sp³-hybridized carbons (Fsp3) is 0.727. The molecule has 0 radical (unpaired) electrons. The van der Waals surface area contributed by atoms with Gasteiger partial charge in [0.15, 0.2) is 0 Å². The van der Waals surface area contributed by atoms with Gasteiger partial charge in [-0.25, -0.2) is 0 Å². The quantitative estimate of drug-likeness (QED) is 0.720. The lowest BCUT2D eigenvalue weighted by Gasteiger charge is -2.38. The molecule has 2 rings (SSSR count). The summed E-state index contributed by atoms with van der Waals surface area (Å²) in [5, 5.41) is 11.3. The molecule has 0 saturated heterocycles. The number of carbonyl (C=O) groups is 1. The first kappa shape index (κ1) is 10.2. The molecule has 78 valence electrons. The Labute approximate surface area is 92.5 Å². The average molecular weight is 258 g/mol. The third-order valence-corrected chi connectivity index (χ3v) is 4.70. The number of carboxylic acid groups (broad SMARTS) is 1. The Bertz CT molecular complexity index is 319. The number of fused-ring (bicyclic) bond motifs is 2. The molecule has 0 aliphatic heterocycles. The van der Waals surface area contributed by atoms with E-state index in [0.717, 1.165) is 24.8 Å². The summed E-state index contributed by atoms with van der Waals surface area (Å²) in [6.45, 7) is 4.27. The van der Waals surface area contributed by atoms with Crippen molar-refractivity contribution in [3.8, 4) is 0 Å². The zero-order valence-corrected chi connectivity index (χ0v) is 10.1. The average Bonchev–Trinajstić information content (AvgIpc) is 2.58. The van der Waals surface area contributed by atoms with Crippen LogP contribution in [-0.4, -0.2) is 5.97 Å². The highest BCUT2D eigenvalue weighted by molar-refractivity contribution is 9.11.